The van der Waals surface area contributed by atoms with Gasteiger partial charge in [0.1, 0.15) is 0 Å². The van der Waals surface area contributed by atoms with Crippen LogP contribution in [0.25, 0.3) is 10.8 Å². The van der Waals surface area contributed by atoms with Crippen LogP contribution >= 0.6 is 0 Å². The molecule has 0 saturated carbocycles. The van der Waals surface area contributed by atoms with Crippen molar-refractivity contribution >= 4 is 16.7 Å². The Kier molecular flexibility index (Phi) is 3.51. The highest BCUT2D eigenvalue weighted by Gasteiger charge is 2.12. The molecule has 0 unspecified atom stereocenters. The molecular formula is C15H15O3. The van der Waals surface area contributed by atoms with Crippen LogP contribution in [0.2, 0.25) is 0 Å². The SMILES string of the molecule is CC(C)COC(=O)c1cc([O])c2ccccc2c1. The summed E-state index contributed by atoms with van der Waals surface area (Å²) in [6.07, 6.45) is 0. The summed E-state index contributed by atoms with van der Waals surface area (Å²) in [6, 6.07) is 10.2. The Labute approximate surface area is 106 Å². The molecule has 2 aromatic rings. The summed E-state index contributed by atoms with van der Waals surface area (Å²) >= 11 is 0. The number of carbonyl (C=O) groups excluding carboxylic acids is 1. The Morgan fingerprint density at radius 3 is 2.67 bits per heavy atom. The maximum atomic E-state index is 11.8. The summed E-state index contributed by atoms with van der Waals surface area (Å²) in [5, 5.41) is 13.2. The molecule has 0 aromatic heterocycles. The maximum Gasteiger partial charge on any atom is 0.338 e. The first-order valence-corrected chi connectivity index (χ1v) is 5.95. The lowest BCUT2D eigenvalue weighted by molar-refractivity contribution is 0.0458. The first kappa shape index (κ1) is 12.4. The van der Waals surface area contributed by atoms with E-state index in [0.717, 1.165) is 5.39 Å². The van der Waals surface area contributed by atoms with Crippen LogP contribution in [-0.4, -0.2) is 12.6 Å². The van der Waals surface area contributed by atoms with Crippen LogP contribution in [0.15, 0.2) is 36.4 Å². The van der Waals surface area contributed by atoms with Crippen LogP contribution in [0.3, 0.4) is 0 Å². The lowest BCUT2D eigenvalue weighted by Crippen LogP contribution is -2.10. The fourth-order valence-corrected chi connectivity index (χ4v) is 1.72. The molecule has 0 bridgehead atoms. The van der Waals surface area contributed by atoms with Gasteiger partial charge in [0, 0.05) is 11.5 Å². The number of ether oxygens (including phenoxy) is 1. The molecule has 0 amide bonds. The van der Waals surface area contributed by atoms with Gasteiger partial charge in [-0.05, 0) is 17.4 Å². The molecule has 3 heteroatoms. The maximum absolute atomic E-state index is 11.8. The van der Waals surface area contributed by atoms with Gasteiger partial charge in [-0.15, -0.1) is 0 Å². The molecule has 0 atom stereocenters. The van der Waals surface area contributed by atoms with E-state index in [1.165, 1.54) is 6.07 Å². The first-order chi connectivity index (χ1) is 8.58. The molecule has 2 rings (SSSR count). The van der Waals surface area contributed by atoms with E-state index in [2.05, 4.69) is 0 Å². The summed E-state index contributed by atoms with van der Waals surface area (Å²) in [7, 11) is 0. The molecule has 0 aliphatic rings. The third-order valence-corrected chi connectivity index (χ3v) is 2.61. The number of fused-ring (bicyclic) bond motifs is 1. The lowest BCUT2D eigenvalue weighted by Gasteiger charge is -2.08. The zero-order valence-electron chi connectivity index (χ0n) is 10.5. The molecule has 1 radical (unpaired) electrons. The quantitative estimate of drug-likeness (QED) is 0.770. The molecule has 0 saturated heterocycles. The van der Waals surface area contributed by atoms with Gasteiger partial charge in [0.25, 0.3) is 0 Å². The number of hydrogen-bond acceptors (Lipinski definition) is 2. The molecular weight excluding hydrogens is 228 g/mol. The Hall–Kier alpha value is -2.03. The molecule has 2 aromatic carbocycles. The van der Waals surface area contributed by atoms with Gasteiger partial charge < -0.3 is 4.74 Å². The first-order valence-electron chi connectivity index (χ1n) is 5.95. The van der Waals surface area contributed by atoms with Crippen molar-refractivity contribution in [2.24, 2.45) is 5.92 Å². The zero-order valence-corrected chi connectivity index (χ0v) is 10.5. The van der Waals surface area contributed by atoms with Crippen molar-refractivity contribution in [1.29, 1.82) is 0 Å². The van der Waals surface area contributed by atoms with Gasteiger partial charge in [-0.2, -0.15) is 0 Å². The second-order valence-electron chi connectivity index (χ2n) is 4.69. The van der Waals surface area contributed by atoms with Crippen LogP contribution in [0.5, 0.6) is 5.75 Å². The highest BCUT2D eigenvalue weighted by Crippen LogP contribution is 2.27. The molecule has 0 fully saturated rings. The normalized spacial score (nSPS) is 10.8. The minimum absolute atomic E-state index is 0.149. The third-order valence-electron chi connectivity index (χ3n) is 2.61. The van der Waals surface area contributed by atoms with E-state index in [1.54, 1.807) is 18.2 Å². The molecule has 93 valence electrons. The lowest BCUT2D eigenvalue weighted by atomic mass is 10.1. The largest absolute Gasteiger partial charge is 0.462 e. The predicted molar refractivity (Wildman–Crippen MR) is 69.2 cm³/mol. The fourth-order valence-electron chi connectivity index (χ4n) is 1.72. The monoisotopic (exact) mass is 243 g/mol. The van der Waals surface area contributed by atoms with Crippen molar-refractivity contribution in [3.63, 3.8) is 0 Å². The van der Waals surface area contributed by atoms with Crippen LogP contribution in [0, 0.1) is 5.92 Å². The van der Waals surface area contributed by atoms with Crippen molar-refractivity contribution in [2.45, 2.75) is 13.8 Å². The van der Waals surface area contributed by atoms with E-state index in [-0.39, 0.29) is 11.7 Å². The van der Waals surface area contributed by atoms with Crippen molar-refractivity contribution < 1.29 is 14.6 Å². The number of esters is 1. The van der Waals surface area contributed by atoms with Gasteiger partial charge in [0.05, 0.1) is 12.2 Å². The van der Waals surface area contributed by atoms with Gasteiger partial charge in [-0.3, -0.25) is 5.11 Å². The Balaban J connectivity index is 2.31. The minimum Gasteiger partial charge on any atom is -0.462 e. The smallest absolute Gasteiger partial charge is 0.338 e. The van der Waals surface area contributed by atoms with Crippen molar-refractivity contribution in [1.82, 2.24) is 0 Å². The average molecular weight is 243 g/mol. The van der Waals surface area contributed by atoms with Gasteiger partial charge in [-0.1, -0.05) is 38.1 Å². The summed E-state index contributed by atoms with van der Waals surface area (Å²) in [5.74, 6) is -0.308. The average Bonchev–Trinajstić information content (AvgIpc) is 2.36. The number of carbonyl (C=O) groups is 1. The van der Waals surface area contributed by atoms with E-state index in [0.29, 0.717) is 17.6 Å². The standard InChI is InChI=1S/C15H15O3/c1-10(2)9-18-15(17)12-7-11-5-3-4-6-13(11)14(16)8-12/h3-8,10H,9H2,1-2H3. The molecule has 18 heavy (non-hydrogen) atoms. The molecule has 0 spiro atoms. The molecule has 0 N–H and O–H groups in total. The minimum atomic E-state index is -0.438. The van der Waals surface area contributed by atoms with E-state index in [4.69, 9.17) is 4.74 Å². The van der Waals surface area contributed by atoms with Gasteiger partial charge in [0.15, 0.2) is 5.75 Å². The van der Waals surface area contributed by atoms with Crippen molar-refractivity contribution in [3.05, 3.63) is 42.0 Å². The number of rotatable bonds is 3. The van der Waals surface area contributed by atoms with Crippen molar-refractivity contribution in [2.75, 3.05) is 6.61 Å². The zero-order chi connectivity index (χ0) is 13.1. The molecule has 0 aliphatic carbocycles. The van der Waals surface area contributed by atoms with E-state index < -0.39 is 5.97 Å². The summed E-state index contributed by atoms with van der Waals surface area (Å²) in [5.41, 5.74) is 0.319. The molecule has 3 nitrogen and oxygen atoms in total. The van der Waals surface area contributed by atoms with Crippen LogP contribution in [0.4, 0.5) is 0 Å². The number of hydrogen-bond donors (Lipinski definition) is 0. The summed E-state index contributed by atoms with van der Waals surface area (Å²) in [4.78, 5) is 11.8. The predicted octanol–water partition coefficient (Wildman–Crippen LogP) is 3.80. The molecule has 0 heterocycles. The van der Waals surface area contributed by atoms with Crippen LogP contribution in [-0.2, 0) is 9.84 Å². The summed E-state index contributed by atoms with van der Waals surface area (Å²) in [6.45, 7) is 4.29. The highest BCUT2D eigenvalue weighted by atomic mass is 16.5. The summed E-state index contributed by atoms with van der Waals surface area (Å²) < 4.78 is 5.12. The second-order valence-corrected chi connectivity index (χ2v) is 4.69. The van der Waals surface area contributed by atoms with Gasteiger partial charge >= 0.3 is 5.97 Å². The molecule has 0 aliphatic heterocycles. The van der Waals surface area contributed by atoms with Crippen LogP contribution < -0.4 is 0 Å². The van der Waals surface area contributed by atoms with E-state index in [9.17, 15) is 9.90 Å². The van der Waals surface area contributed by atoms with Gasteiger partial charge in [0.2, 0.25) is 0 Å². The Morgan fingerprint density at radius 2 is 1.94 bits per heavy atom. The second kappa shape index (κ2) is 5.08. The fraction of sp³-hybridized carbons (Fsp3) is 0.267. The topological polar surface area (TPSA) is 46.2 Å². The van der Waals surface area contributed by atoms with E-state index in [1.807, 2.05) is 26.0 Å². The highest BCUT2D eigenvalue weighted by molar-refractivity contribution is 5.98. The van der Waals surface area contributed by atoms with Gasteiger partial charge in [-0.25, -0.2) is 4.79 Å². The van der Waals surface area contributed by atoms with E-state index >= 15 is 0 Å². The Morgan fingerprint density at radius 1 is 1.22 bits per heavy atom. The number of benzene rings is 2. The third kappa shape index (κ3) is 2.62. The van der Waals surface area contributed by atoms with Crippen molar-refractivity contribution in [3.8, 4) is 5.75 Å². The Bertz CT molecular complexity index is 573. The van der Waals surface area contributed by atoms with Crippen LogP contribution in [0.1, 0.15) is 24.2 Å².